The molecule has 4 nitrogen and oxygen atoms in total. The SMILES string of the molecule is CCC(CC)Nc1nc2cc(-c3ccc(C)cc3)sc2c(=O)[nH]1. The molecule has 0 radical (unpaired) electrons. The van der Waals surface area contributed by atoms with Gasteiger partial charge in [0.2, 0.25) is 5.95 Å². The largest absolute Gasteiger partial charge is 0.353 e. The maximum atomic E-state index is 12.3. The zero-order valence-electron chi connectivity index (χ0n) is 13.6. The molecule has 0 saturated heterocycles. The fraction of sp³-hybridized carbons (Fsp3) is 0.333. The summed E-state index contributed by atoms with van der Waals surface area (Å²) in [6.07, 6.45) is 1.99. The molecule has 0 spiro atoms. The number of fused-ring (bicyclic) bond motifs is 1. The summed E-state index contributed by atoms with van der Waals surface area (Å²) >= 11 is 1.49. The molecule has 3 aromatic rings. The minimum absolute atomic E-state index is 0.0770. The highest BCUT2D eigenvalue weighted by molar-refractivity contribution is 7.22. The van der Waals surface area contributed by atoms with Crippen molar-refractivity contribution in [3.63, 3.8) is 0 Å². The number of benzene rings is 1. The first kappa shape index (κ1) is 15.7. The zero-order valence-corrected chi connectivity index (χ0v) is 14.5. The topological polar surface area (TPSA) is 57.8 Å². The van der Waals surface area contributed by atoms with Crippen LogP contribution in [0.15, 0.2) is 35.1 Å². The molecule has 1 aromatic carbocycles. The number of anilines is 1. The molecule has 0 atom stereocenters. The second-order valence-electron chi connectivity index (χ2n) is 5.76. The summed E-state index contributed by atoms with van der Waals surface area (Å²) < 4.78 is 0.677. The molecule has 2 N–H and O–H groups in total. The third kappa shape index (κ3) is 3.29. The average Bonchev–Trinajstić information content (AvgIpc) is 2.98. The van der Waals surface area contributed by atoms with Crippen molar-refractivity contribution in [2.75, 3.05) is 5.32 Å². The third-order valence-electron chi connectivity index (χ3n) is 4.05. The Labute approximate surface area is 139 Å². The van der Waals surface area contributed by atoms with E-state index in [0.717, 1.165) is 28.8 Å². The Kier molecular flexibility index (Phi) is 4.48. The minimum atomic E-state index is -0.0770. The van der Waals surface area contributed by atoms with Crippen molar-refractivity contribution in [3.8, 4) is 10.4 Å². The molecule has 0 aliphatic rings. The Morgan fingerprint density at radius 3 is 2.57 bits per heavy atom. The lowest BCUT2D eigenvalue weighted by Gasteiger charge is -2.14. The molecule has 5 heteroatoms. The predicted molar refractivity (Wildman–Crippen MR) is 98.4 cm³/mol. The van der Waals surface area contributed by atoms with Crippen molar-refractivity contribution < 1.29 is 0 Å². The molecule has 2 aromatic heterocycles. The molecule has 0 amide bonds. The molecule has 0 aliphatic heterocycles. The number of thiophene rings is 1. The van der Waals surface area contributed by atoms with Gasteiger partial charge >= 0.3 is 0 Å². The van der Waals surface area contributed by atoms with Crippen LogP contribution in [0.5, 0.6) is 0 Å². The Hall–Kier alpha value is -2.14. The number of rotatable bonds is 5. The number of aryl methyl sites for hydroxylation is 1. The Balaban J connectivity index is 2.00. The monoisotopic (exact) mass is 327 g/mol. The number of hydrogen-bond donors (Lipinski definition) is 2. The Morgan fingerprint density at radius 1 is 1.22 bits per heavy atom. The highest BCUT2D eigenvalue weighted by atomic mass is 32.1. The summed E-state index contributed by atoms with van der Waals surface area (Å²) in [5.41, 5.74) is 3.02. The minimum Gasteiger partial charge on any atom is -0.353 e. The van der Waals surface area contributed by atoms with Gasteiger partial charge in [-0.3, -0.25) is 9.78 Å². The molecule has 0 bridgehead atoms. The maximum absolute atomic E-state index is 12.3. The smallest absolute Gasteiger partial charge is 0.270 e. The van der Waals surface area contributed by atoms with E-state index in [0.29, 0.717) is 16.7 Å². The van der Waals surface area contributed by atoms with Crippen LogP contribution in [-0.2, 0) is 0 Å². The van der Waals surface area contributed by atoms with Gasteiger partial charge in [-0.1, -0.05) is 43.7 Å². The molecule has 120 valence electrons. The van der Waals surface area contributed by atoms with Crippen molar-refractivity contribution in [2.24, 2.45) is 0 Å². The summed E-state index contributed by atoms with van der Waals surface area (Å²) in [6, 6.07) is 10.6. The number of hydrogen-bond acceptors (Lipinski definition) is 4. The van der Waals surface area contributed by atoms with E-state index >= 15 is 0 Å². The Bertz CT molecular complexity index is 860. The summed E-state index contributed by atoms with van der Waals surface area (Å²) in [6.45, 7) is 6.31. The second kappa shape index (κ2) is 6.54. The van der Waals surface area contributed by atoms with Crippen molar-refractivity contribution >= 4 is 27.5 Å². The van der Waals surface area contributed by atoms with Crippen LogP contribution in [0.1, 0.15) is 32.3 Å². The van der Waals surface area contributed by atoms with Gasteiger partial charge in [-0.25, -0.2) is 4.98 Å². The summed E-state index contributed by atoms with van der Waals surface area (Å²) in [7, 11) is 0. The van der Waals surface area contributed by atoms with Crippen molar-refractivity contribution in [3.05, 3.63) is 46.2 Å². The summed E-state index contributed by atoms with van der Waals surface area (Å²) in [5.74, 6) is 0.560. The van der Waals surface area contributed by atoms with Crippen LogP contribution in [0.3, 0.4) is 0 Å². The lowest BCUT2D eigenvalue weighted by atomic mass is 10.1. The molecule has 0 unspecified atom stereocenters. The number of aromatic nitrogens is 2. The zero-order chi connectivity index (χ0) is 16.4. The molecule has 3 rings (SSSR count). The van der Waals surface area contributed by atoms with E-state index in [1.807, 2.05) is 6.07 Å². The summed E-state index contributed by atoms with van der Waals surface area (Å²) in [4.78, 5) is 20.8. The Morgan fingerprint density at radius 2 is 1.91 bits per heavy atom. The lowest BCUT2D eigenvalue weighted by Crippen LogP contribution is -2.21. The van der Waals surface area contributed by atoms with E-state index in [1.54, 1.807) is 0 Å². The van der Waals surface area contributed by atoms with Gasteiger partial charge in [-0.05, 0) is 31.4 Å². The third-order valence-corrected chi connectivity index (χ3v) is 5.22. The molecule has 2 heterocycles. The van der Waals surface area contributed by atoms with Gasteiger partial charge in [0.1, 0.15) is 4.70 Å². The van der Waals surface area contributed by atoms with Crippen LogP contribution in [-0.4, -0.2) is 16.0 Å². The average molecular weight is 327 g/mol. The number of aromatic amines is 1. The summed E-state index contributed by atoms with van der Waals surface area (Å²) in [5, 5.41) is 3.31. The van der Waals surface area contributed by atoms with Gasteiger partial charge < -0.3 is 5.32 Å². The van der Waals surface area contributed by atoms with Crippen LogP contribution in [0, 0.1) is 6.92 Å². The fourth-order valence-electron chi connectivity index (χ4n) is 2.55. The van der Waals surface area contributed by atoms with Crippen molar-refractivity contribution in [1.82, 2.24) is 9.97 Å². The van der Waals surface area contributed by atoms with E-state index in [4.69, 9.17) is 0 Å². The van der Waals surface area contributed by atoms with Gasteiger partial charge in [0.25, 0.3) is 5.56 Å². The molecular weight excluding hydrogens is 306 g/mol. The van der Waals surface area contributed by atoms with Crippen LogP contribution in [0.4, 0.5) is 5.95 Å². The maximum Gasteiger partial charge on any atom is 0.270 e. The van der Waals surface area contributed by atoms with Crippen LogP contribution >= 0.6 is 11.3 Å². The molecule has 23 heavy (non-hydrogen) atoms. The van der Waals surface area contributed by atoms with Gasteiger partial charge in [-0.15, -0.1) is 11.3 Å². The molecular formula is C18H21N3OS. The highest BCUT2D eigenvalue weighted by Gasteiger charge is 2.12. The van der Waals surface area contributed by atoms with Crippen molar-refractivity contribution in [1.29, 1.82) is 0 Å². The number of H-pyrrole nitrogens is 1. The van der Waals surface area contributed by atoms with E-state index in [-0.39, 0.29) is 5.56 Å². The van der Waals surface area contributed by atoms with Crippen molar-refractivity contribution in [2.45, 2.75) is 39.7 Å². The standard InChI is InChI=1S/C18H21N3OS/c1-4-13(5-2)19-18-20-14-10-15(23-16(14)17(22)21-18)12-8-6-11(3)7-9-12/h6-10,13H,4-5H2,1-3H3,(H2,19,20,21,22). The first-order chi connectivity index (χ1) is 11.1. The normalized spacial score (nSPS) is 11.3. The van der Waals surface area contributed by atoms with Gasteiger partial charge in [0, 0.05) is 10.9 Å². The second-order valence-corrected chi connectivity index (χ2v) is 6.82. The van der Waals surface area contributed by atoms with Crippen LogP contribution in [0.25, 0.3) is 20.7 Å². The first-order valence-electron chi connectivity index (χ1n) is 7.98. The van der Waals surface area contributed by atoms with Gasteiger partial charge in [-0.2, -0.15) is 0 Å². The van der Waals surface area contributed by atoms with E-state index in [9.17, 15) is 4.79 Å². The highest BCUT2D eigenvalue weighted by Crippen LogP contribution is 2.31. The predicted octanol–water partition coefficient (Wildman–Crippen LogP) is 4.56. The lowest BCUT2D eigenvalue weighted by molar-refractivity contribution is 0.665. The fourth-order valence-corrected chi connectivity index (χ4v) is 3.55. The van der Waals surface area contributed by atoms with E-state index < -0.39 is 0 Å². The van der Waals surface area contributed by atoms with Gasteiger partial charge in [0.05, 0.1) is 5.52 Å². The quantitative estimate of drug-likeness (QED) is 0.722. The molecule has 0 saturated carbocycles. The van der Waals surface area contributed by atoms with E-state index in [1.165, 1.54) is 16.9 Å². The first-order valence-corrected chi connectivity index (χ1v) is 8.79. The van der Waals surface area contributed by atoms with Crippen LogP contribution in [0.2, 0.25) is 0 Å². The number of nitrogens with zero attached hydrogens (tertiary/aromatic N) is 1. The van der Waals surface area contributed by atoms with E-state index in [2.05, 4.69) is 60.3 Å². The molecule has 0 fully saturated rings. The molecule has 0 aliphatic carbocycles. The van der Waals surface area contributed by atoms with Crippen LogP contribution < -0.4 is 10.9 Å². The van der Waals surface area contributed by atoms with Gasteiger partial charge in [0.15, 0.2) is 0 Å². The number of nitrogens with one attached hydrogen (secondary N) is 2.